The number of hydrogen-bond donors (Lipinski definition) is 1. The Bertz CT molecular complexity index is 1370. The fourth-order valence-corrected chi connectivity index (χ4v) is 4.33. The summed E-state index contributed by atoms with van der Waals surface area (Å²) in [5.74, 6) is 1.50. The highest BCUT2D eigenvalue weighted by Crippen LogP contribution is 2.30. The zero-order valence-corrected chi connectivity index (χ0v) is 18.3. The quantitative estimate of drug-likeness (QED) is 0.370. The standard InChI is InChI=1S/C26H21N3O2S/c1-31-21-7-4-6-20(16-21)29-24-10-3-2-9-23(24)28-25(29)18-11-13-19(14-12-18)26(30)27-17-22-8-5-15-32-22/h2-16H,17H2,1H3,(H,27,30). The number of rotatable bonds is 6. The summed E-state index contributed by atoms with van der Waals surface area (Å²) in [7, 11) is 1.66. The molecule has 5 rings (SSSR count). The number of para-hydroxylation sites is 2. The Balaban J connectivity index is 1.50. The molecule has 0 saturated carbocycles. The highest BCUT2D eigenvalue weighted by molar-refractivity contribution is 7.09. The average Bonchev–Trinajstić information content (AvgIpc) is 3.50. The Kier molecular flexibility index (Phi) is 5.44. The molecule has 0 unspecified atom stereocenters. The lowest BCUT2D eigenvalue weighted by atomic mass is 10.1. The van der Waals surface area contributed by atoms with E-state index in [2.05, 4.69) is 16.0 Å². The summed E-state index contributed by atoms with van der Waals surface area (Å²) < 4.78 is 7.54. The lowest BCUT2D eigenvalue weighted by Crippen LogP contribution is -2.22. The van der Waals surface area contributed by atoms with Crippen molar-refractivity contribution in [3.8, 4) is 22.8 Å². The molecule has 0 atom stereocenters. The summed E-state index contributed by atoms with van der Waals surface area (Å²) in [4.78, 5) is 18.6. The number of carbonyl (C=O) groups excluding carboxylic acids is 1. The molecule has 0 spiro atoms. The van der Waals surface area contributed by atoms with Gasteiger partial charge in [-0.3, -0.25) is 9.36 Å². The molecule has 0 aliphatic rings. The number of ether oxygens (including phenoxy) is 1. The van der Waals surface area contributed by atoms with Crippen LogP contribution in [-0.4, -0.2) is 22.6 Å². The first-order chi connectivity index (χ1) is 15.7. The first kappa shape index (κ1) is 20.0. The van der Waals surface area contributed by atoms with Gasteiger partial charge < -0.3 is 10.1 Å². The molecule has 1 N–H and O–H groups in total. The van der Waals surface area contributed by atoms with E-state index in [1.807, 2.05) is 84.2 Å². The molecule has 0 radical (unpaired) electrons. The Hall–Kier alpha value is -3.90. The van der Waals surface area contributed by atoms with Gasteiger partial charge in [0.25, 0.3) is 5.91 Å². The van der Waals surface area contributed by atoms with Crippen molar-refractivity contribution in [3.63, 3.8) is 0 Å². The van der Waals surface area contributed by atoms with E-state index in [4.69, 9.17) is 9.72 Å². The lowest BCUT2D eigenvalue weighted by molar-refractivity contribution is 0.0951. The number of amides is 1. The number of fused-ring (bicyclic) bond motifs is 1. The zero-order valence-electron chi connectivity index (χ0n) is 17.5. The van der Waals surface area contributed by atoms with Crippen LogP contribution < -0.4 is 10.1 Å². The van der Waals surface area contributed by atoms with E-state index in [0.717, 1.165) is 38.7 Å². The van der Waals surface area contributed by atoms with Crippen LogP contribution in [-0.2, 0) is 6.54 Å². The van der Waals surface area contributed by atoms with E-state index >= 15 is 0 Å². The van der Waals surface area contributed by atoms with Gasteiger partial charge in [0.05, 0.1) is 30.4 Å². The molecule has 3 aromatic carbocycles. The van der Waals surface area contributed by atoms with Gasteiger partial charge >= 0.3 is 0 Å². The summed E-state index contributed by atoms with van der Waals surface area (Å²) in [6, 6.07) is 27.5. The molecule has 158 valence electrons. The second kappa shape index (κ2) is 8.69. The largest absolute Gasteiger partial charge is 0.497 e. The van der Waals surface area contributed by atoms with Gasteiger partial charge in [-0.15, -0.1) is 11.3 Å². The van der Waals surface area contributed by atoms with Crippen molar-refractivity contribution in [2.75, 3.05) is 7.11 Å². The van der Waals surface area contributed by atoms with E-state index in [0.29, 0.717) is 12.1 Å². The zero-order chi connectivity index (χ0) is 21.9. The Morgan fingerprint density at radius 2 is 1.84 bits per heavy atom. The highest BCUT2D eigenvalue weighted by atomic mass is 32.1. The minimum absolute atomic E-state index is 0.0914. The van der Waals surface area contributed by atoms with Crippen molar-refractivity contribution in [1.29, 1.82) is 0 Å². The number of carbonyl (C=O) groups is 1. The number of thiophene rings is 1. The maximum Gasteiger partial charge on any atom is 0.251 e. The van der Waals surface area contributed by atoms with Crippen molar-refractivity contribution >= 4 is 28.3 Å². The molecule has 2 aromatic heterocycles. The average molecular weight is 440 g/mol. The Labute approximate surface area is 189 Å². The van der Waals surface area contributed by atoms with Crippen LogP contribution in [0.25, 0.3) is 28.1 Å². The van der Waals surface area contributed by atoms with Gasteiger partial charge in [-0.05, 0) is 47.8 Å². The minimum Gasteiger partial charge on any atom is -0.497 e. The summed E-state index contributed by atoms with van der Waals surface area (Å²) in [5.41, 5.74) is 4.43. The molecule has 5 nitrogen and oxygen atoms in total. The van der Waals surface area contributed by atoms with Crippen LogP contribution >= 0.6 is 11.3 Å². The topological polar surface area (TPSA) is 56.1 Å². The molecule has 6 heteroatoms. The SMILES string of the molecule is COc1cccc(-n2c(-c3ccc(C(=O)NCc4cccs4)cc3)nc3ccccc32)c1. The summed E-state index contributed by atoms with van der Waals surface area (Å²) in [5, 5.41) is 4.97. The number of benzene rings is 3. The van der Waals surface area contributed by atoms with Crippen molar-refractivity contribution < 1.29 is 9.53 Å². The van der Waals surface area contributed by atoms with Crippen molar-refractivity contribution in [2.45, 2.75) is 6.54 Å². The van der Waals surface area contributed by atoms with Gasteiger partial charge in [0.15, 0.2) is 0 Å². The van der Waals surface area contributed by atoms with E-state index in [1.165, 1.54) is 0 Å². The molecule has 0 aliphatic heterocycles. The van der Waals surface area contributed by atoms with E-state index in [-0.39, 0.29) is 5.91 Å². The third-order valence-corrected chi connectivity index (χ3v) is 6.16. The third-order valence-electron chi connectivity index (χ3n) is 5.28. The van der Waals surface area contributed by atoms with E-state index in [9.17, 15) is 4.79 Å². The van der Waals surface area contributed by atoms with Crippen LogP contribution in [0.4, 0.5) is 0 Å². The first-order valence-corrected chi connectivity index (χ1v) is 11.1. The summed E-state index contributed by atoms with van der Waals surface area (Å²) in [6.45, 7) is 0.532. The normalized spacial score (nSPS) is 10.9. The fraction of sp³-hybridized carbons (Fsp3) is 0.0769. The first-order valence-electron chi connectivity index (χ1n) is 10.3. The molecule has 32 heavy (non-hydrogen) atoms. The second-order valence-corrected chi connectivity index (χ2v) is 8.33. The van der Waals surface area contributed by atoms with Crippen LogP contribution in [0, 0.1) is 0 Å². The highest BCUT2D eigenvalue weighted by Gasteiger charge is 2.15. The van der Waals surface area contributed by atoms with Gasteiger partial charge in [-0.2, -0.15) is 0 Å². The molecule has 0 fully saturated rings. The number of aromatic nitrogens is 2. The predicted molar refractivity (Wildman–Crippen MR) is 129 cm³/mol. The third kappa shape index (κ3) is 3.88. The van der Waals surface area contributed by atoms with Gasteiger partial charge in [0.2, 0.25) is 0 Å². The van der Waals surface area contributed by atoms with Crippen LogP contribution in [0.1, 0.15) is 15.2 Å². The van der Waals surface area contributed by atoms with Crippen molar-refractivity contribution in [3.05, 3.63) is 101 Å². The number of methoxy groups -OCH3 is 1. The molecule has 0 aliphatic carbocycles. The summed E-state index contributed by atoms with van der Waals surface area (Å²) >= 11 is 1.63. The van der Waals surface area contributed by atoms with Crippen LogP contribution in [0.2, 0.25) is 0 Å². The second-order valence-electron chi connectivity index (χ2n) is 7.30. The van der Waals surface area contributed by atoms with E-state index in [1.54, 1.807) is 18.4 Å². The fourth-order valence-electron chi connectivity index (χ4n) is 3.68. The van der Waals surface area contributed by atoms with Crippen LogP contribution in [0.3, 0.4) is 0 Å². The maximum atomic E-state index is 12.5. The number of imidazole rings is 1. The van der Waals surface area contributed by atoms with E-state index < -0.39 is 0 Å². The molecule has 2 heterocycles. The van der Waals surface area contributed by atoms with Crippen LogP contribution in [0.5, 0.6) is 5.75 Å². The maximum absolute atomic E-state index is 12.5. The van der Waals surface area contributed by atoms with Crippen LogP contribution in [0.15, 0.2) is 90.3 Å². The molecular formula is C26H21N3O2S. The lowest BCUT2D eigenvalue weighted by Gasteiger charge is -2.11. The molecule has 0 bridgehead atoms. The Morgan fingerprint density at radius 1 is 1.00 bits per heavy atom. The van der Waals surface area contributed by atoms with Gasteiger partial charge in [0, 0.05) is 22.1 Å². The van der Waals surface area contributed by atoms with Crippen molar-refractivity contribution in [2.24, 2.45) is 0 Å². The van der Waals surface area contributed by atoms with Gasteiger partial charge in [-0.25, -0.2) is 4.98 Å². The summed E-state index contributed by atoms with van der Waals surface area (Å²) in [6.07, 6.45) is 0. The van der Waals surface area contributed by atoms with Gasteiger partial charge in [-0.1, -0.05) is 36.4 Å². The predicted octanol–water partition coefficient (Wildman–Crippen LogP) is 5.69. The number of nitrogens with zero attached hydrogens (tertiary/aromatic N) is 2. The Morgan fingerprint density at radius 3 is 2.62 bits per heavy atom. The minimum atomic E-state index is -0.0914. The molecule has 1 amide bonds. The molecule has 5 aromatic rings. The smallest absolute Gasteiger partial charge is 0.251 e. The van der Waals surface area contributed by atoms with Gasteiger partial charge in [0.1, 0.15) is 11.6 Å². The molecule has 0 saturated heterocycles. The van der Waals surface area contributed by atoms with Crippen molar-refractivity contribution in [1.82, 2.24) is 14.9 Å². The molecular weight excluding hydrogens is 418 g/mol. The number of hydrogen-bond acceptors (Lipinski definition) is 4. The monoisotopic (exact) mass is 439 g/mol. The number of nitrogens with one attached hydrogen (secondary N) is 1.